The number of hydrogen-bond acceptors (Lipinski definition) is 5. The molecule has 0 saturated carbocycles. The lowest BCUT2D eigenvalue weighted by Crippen LogP contribution is -1.96. The van der Waals surface area contributed by atoms with Crippen LogP contribution in [0.15, 0.2) is 66.9 Å². The fourth-order valence-electron chi connectivity index (χ4n) is 2.57. The molecule has 0 aliphatic rings. The summed E-state index contributed by atoms with van der Waals surface area (Å²) in [7, 11) is 0. The van der Waals surface area contributed by atoms with Gasteiger partial charge in [-0.3, -0.25) is 20.2 Å². The van der Waals surface area contributed by atoms with Crippen molar-refractivity contribution in [1.29, 1.82) is 5.26 Å². The van der Waals surface area contributed by atoms with Crippen LogP contribution in [0.2, 0.25) is 0 Å². The van der Waals surface area contributed by atoms with Crippen molar-refractivity contribution in [3.05, 3.63) is 98.3 Å². The average Bonchev–Trinajstić information content (AvgIpc) is 3.14. The molecule has 0 radical (unpaired) electrons. The van der Waals surface area contributed by atoms with Crippen molar-refractivity contribution < 1.29 is 9.85 Å². The summed E-state index contributed by atoms with van der Waals surface area (Å²) in [6.07, 6.45) is 3.43. The molecule has 8 nitrogen and oxygen atoms in total. The van der Waals surface area contributed by atoms with E-state index in [0.717, 1.165) is 0 Å². The molecule has 0 fully saturated rings. The average molecular weight is 360 g/mol. The molecule has 3 aromatic rings. The third-order valence-electron chi connectivity index (χ3n) is 3.92. The van der Waals surface area contributed by atoms with Gasteiger partial charge in [0.25, 0.3) is 11.4 Å². The van der Waals surface area contributed by atoms with E-state index >= 15 is 0 Å². The Morgan fingerprint density at radius 2 is 1.48 bits per heavy atom. The Bertz CT molecular complexity index is 1070. The Morgan fingerprint density at radius 3 is 2.00 bits per heavy atom. The molecule has 1 aromatic heterocycles. The highest BCUT2D eigenvalue weighted by Crippen LogP contribution is 2.23. The molecular weight excluding hydrogens is 348 g/mol. The first kappa shape index (κ1) is 17.6. The molecule has 0 unspecified atom stereocenters. The number of rotatable bonds is 5. The molecule has 8 heteroatoms. The van der Waals surface area contributed by atoms with Gasteiger partial charge in [-0.05, 0) is 48.0 Å². The molecule has 2 aromatic carbocycles. The van der Waals surface area contributed by atoms with E-state index in [0.29, 0.717) is 22.5 Å². The maximum absolute atomic E-state index is 10.8. The van der Waals surface area contributed by atoms with E-state index in [1.165, 1.54) is 36.4 Å². The highest BCUT2D eigenvalue weighted by Gasteiger charge is 2.10. The summed E-state index contributed by atoms with van der Waals surface area (Å²) in [6, 6.07) is 17.5. The van der Waals surface area contributed by atoms with E-state index in [9.17, 15) is 25.5 Å². The molecule has 0 saturated heterocycles. The van der Waals surface area contributed by atoms with Crippen LogP contribution >= 0.6 is 0 Å². The highest BCUT2D eigenvalue weighted by molar-refractivity contribution is 5.89. The van der Waals surface area contributed by atoms with E-state index in [1.807, 2.05) is 0 Å². The summed E-state index contributed by atoms with van der Waals surface area (Å²) in [5, 5.41) is 31.0. The van der Waals surface area contributed by atoms with Gasteiger partial charge < -0.3 is 4.57 Å². The standard InChI is InChI=1S/C19H12N4O4/c20-13-15(14-3-5-17(6-4-14)22(24)25)12-19-2-1-11-21(19)16-7-9-18(10-8-16)23(26)27/h1-12H/b15-12-. The number of nitriles is 1. The van der Waals surface area contributed by atoms with Crippen LogP contribution in [-0.2, 0) is 0 Å². The second-order valence-corrected chi connectivity index (χ2v) is 5.55. The minimum atomic E-state index is -0.501. The fraction of sp³-hybridized carbons (Fsp3) is 0. The number of hydrogen-bond donors (Lipinski definition) is 0. The van der Waals surface area contributed by atoms with Crippen LogP contribution < -0.4 is 0 Å². The van der Waals surface area contributed by atoms with Crippen LogP contribution in [0.25, 0.3) is 17.3 Å². The molecule has 0 atom stereocenters. The van der Waals surface area contributed by atoms with Gasteiger partial charge in [0.1, 0.15) is 0 Å². The number of aromatic nitrogens is 1. The monoisotopic (exact) mass is 360 g/mol. The lowest BCUT2D eigenvalue weighted by Gasteiger charge is -2.07. The third-order valence-corrected chi connectivity index (χ3v) is 3.92. The van der Waals surface area contributed by atoms with Crippen molar-refractivity contribution in [3.8, 4) is 11.8 Å². The lowest BCUT2D eigenvalue weighted by atomic mass is 10.1. The molecular formula is C19H12N4O4. The van der Waals surface area contributed by atoms with Gasteiger partial charge in [0.15, 0.2) is 0 Å². The van der Waals surface area contributed by atoms with Gasteiger partial charge in [0, 0.05) is 41.8 Å². The maximum atomic E-state index is 10.8. The number of benzene rings is 2. The zero-order chi connectivity index (χ0) is 19.4. The predicted octanol–water partition coefficient (Wildman–Crippen LogP) is 4.36. The molecule has 3 rings (SSSR count). The topological polar surface area (TPSA) is 115 Å². The highest BCUT2D eigenvalue weighted by atomic mass is 16.6. The van der Waals surface area contributed by atoms with Gasteiger partial charge in [-0.2, -0.15) is 5.26 Å². The van der Waals surface area contributed by atoms with E-state index in [1.54, 1.807) is 41.1 Å². The Labute approximate surface area is 153 Å². The summed E-state index contributed by atoms with van der Waals surface area (Å²) in [6.45, 7) is 0. The maximum Gasteiger partial charge on any atom is 0.269 e. The SMILES string of the molecule is N#C/C(=C/c1cccn1-c1ccc([N+](=O)[O-])cc1)c1ccc([N+](=O)[O-])cc1. The Balaban J connectivity index is 1.97. The van der Waals surface area contributed by atoms with Gasteiger partial charge in [-0.15, -0.1) is 0 Å². The van der Waals surface area contributed by atoms with Gasteiger partial charge in [0.05, 0.1) is 21.5 Å². The molecule has 27 heavy (non-hydrogen) atoms. The van der Waals surface area contributed by atoms with Crippen LogP contribution in [0.4, 0.5) is 11.4 Å². The number of nitro groups is 2. The lowest BCUT2D eigenvalue weighted by molar-refractivity contribution is -0.385. The molecule has 0 aliphatic carbocycles. The molecule has 0 N–H and O–H groups in total. The smallest absolute Gasteiger partial charge is 0.269 e. The summed E-state index contributed by atoms with van der Waals surface area (Å²) < 4.78 is 1.78. The summed E-state index contributed by atoms with van der Waals surface area (Å²) in [5.74, 6) is 0. The van der Waals surface area contributed by atoms with E-state index in [2.05, 4.69) is 6.07 Å². The first-order chi connectivity index (χ1) is 13.0. The van der Waals surface area contributed by atoms with Crippen LogP contribution in [-0.4, -0.2) is 14.4 Å². The van der Waals surface area contributed by atoms with Crippen molar-refractivity contribution in [2.75, 3.05) is 0 Å². The largest absolute Gasteiger partial charge is 0.317 e. The Hall–Kier alpha value is -4.25. The van der Waals surface area contributed by atoms with Crippen molar-refractivity contribution in [2.24, 2.45) is 0 Å². The molecule has 1 heterocycles. The number of nitro benzene ring substituents is 2. The van der Waals surface area contributed by atoms with Gasteiger partial charge in [-0.1, -0.05) is 0 Å². The van der Waals surface area contributed by atoms with E-state index < -0.39 is 9.85 Å². The van der Waals surface area contributed by atoms with Crippen molar-refractivity contribution >= 4 is 23.0 Å². The van der Waals surface area contributed by atoms with E-state index in [-0.39, 0.29) is 11.4 Å². The van der Waals surface area contributed by atoms with Crippen LogP contribution in [0.3, 0.4) is 0 Å². The molecule has 0 spiro atoms. The second kappa shape index (κ2) is 7.33. The van der Waals surface area contributed by atoms with Crippen molar-refractivity contribution in [2.45, 2.75) is 0 Å². The number of non-ortho nitro benzene ring substituents is 2. The molecule has 0 aliphatic heterocycles. The summed E-state index contributed by atoms with van der Waals surface area (Å²) in [5.41, 5.74) is 2.24. The summed E-state index contributed by atoms with van der Waals surface area (Å²) in [4.78, 5) is 20.6. The number of allylic oxidation sites excluding steroid dienone is 1. The first-order valence-corrected chi connectivity index (χ1v) is 7.78. The quantitative estimate of drug-likeness (QED) is 0.381. The van der Waals surface area contributed by atoms with Crippen LogP contribution in [0, 0.1) is 31.6 Å². The minimum Gasteiger partial charge on any atom is -0.317 e. The predicted molar refractivity (Wildman–Crippen MR) is 99.0 cm³/mol. The first-order valence-electron chi connectivity index (χ1n) is 7.78. The van der Waals surface area contributed by atoms with E-state index in [4.69, 9.17) is 0 Å². The Morgan fingerprint density at radius 1 is 0.926 bits per heavy atom. The zero-order valence-corrected chi connectivity index (χ0v) is 13.9. The van der Waals surface area contributed by atoms with Crippen LogP contribution in [0.5, 0.6) is 0 Å². The Kier molecular flexibility index (Phi) is 4.77. The van der Waals surface area contributed by atoms with Gasteiger partial charge >= 0.3 is 0 Å². The van der Waals surface area contributed by atoms with Crippen LogP contribution in [0.1, 0.15) is 11.3 Å². The zero-order valence-electron chi connectivity index (χ0n) is 13.9. The normalized spacial score (nSPS) is 11.0. The molecule has 0 amide bonds. The van der Waals surface area contributed by atoms with Crippen molar-refractivity contribution in [3.63, 3.8) is 0 Å². The fourth-order valence-corrected chi connectivity index (χ4v) is 2.57. The molecule has 132 valence electrons. The number of nitrogens with zero attached hydrogens (tertiary/aromatic N) is 4. The summed E-state index contributed by atoms with van der Waals surface area (Å²) >= 11 is 0. The van der Waals surface area contributed by atoms with Crippen molar-refractivity contribution in [1.82, 2.24) is 4.57 Å². The molecule has 0 bridgehead atoms. The van der Waals surface area contributed by atoms with Gasteiger partial charge in [-0.25, -0.2) is 0 Å². The second-order valence-electron chi connectivity index (χ2n) is 5.55. The minimum absolute atomic E-state index is 0.00779. The van der Waals surface area contributed by atoms with Gasteiger partial charge in [0.2, 0.25) is 0 Å². The third kappa shape index (κ3) is 3.72.